The minimum Gasteiger partial charge on any atom is -0.507 e. The Morgan fingerprint density at radius 1 is 1.00 bits per heavy atom. The van der Waals surface area contributed by atoms with Crippen LogP contribution < -0.4 is 5.32 Å². The molecule has 3 aromatic carbocycles. The van der Waals surface area contributed by atoms with Gasteiger partial charge in [-0.1, -0.05) is 48.5 Å². The third-order valence-corrected chi connectivity index (χ3v) is 7.50. The molecule has 0 radical (unpaired) electrons. The third kappa shape index (κ3) is 5.11. The Bertz CT molecular complexity index is 1230. The summed E-state index contributed by atoms with van der Waals surface area (Å²) in [4.78, 5) is 26.5. The number of quaternary nitrogens is 1. The maximum atomic E-state index is 13.7. The predicted octanol–water partition coefficient (Wildman–Crippen LogP) is 4.72. The first-order valence-corrected chi connectivity index (χ1v) is 12.4. The lowest BCUT2D eigenvalue weighted by Crippen LogP contribution is -2.65. The SMILES string of the molecule is O=C(C[N+]12CCC(CC1)[C@@H](OC(=O)C(Nc1ccccc1)c1ccccc1)C2)c1cc(F)ccc1O. The second kappa shape index (κ2) is 10.1. The molecular formula is C29H30FN2O4+. The molecule has 7 heteroatoms. The van der Waals surface area contributed by atoms with Gasteiger partial charge >= 0.3 is 5.97 Å². The van der Waals surface area contributed by atoms with Crippen molar-refractivity contribution in [2.75, 3.05) is 31.5 Å². The van der Waals surface area contributed by atoms with Crippen molar-refractivity contribution in [3.05, 3.63) is 95.8 Å². The minimum absolute atomic E-state index is 0.0000515. The highest BCUT2D eigenvalue weighted by atomic mass is 19.1. The van der Waals surface area contributed by atoms with E-state index in [0.29, 0.717) is 11.0 Å². The zero-order valence-corrected chi connectivity index (χ0v) is 20.0. The van der Waals surface area contributed by atoms with Crippen molar-refractivity contribution < 1.29 is 28.3 Å². The van der Waals surface area contributed by atoms with Crippen LogP contribution in [0.5, 0.6) is 5.75 Å². The van der Waals surface area contributed by atoms with Crippen LogP contribution in [0, 0.1) is 11.7 Å². The Kier molecular flexibility index (Phi) is 6.74. The van der Waals surface area contributed by atoms with Crippen molar-refractivity contribution in [1.29, 1.82) is 0 Å². The van der Waals surface area contributed by atoms with E-state index in [0.717, 1.165) is 49.3 Å². The van der Waals surface area contributed by atoms with Crippen LogP contribution in [-0.4, -0.2) is 53.6 Å². The number of nitrogens with zero attached hydrogens (tertiary/aromatic N) is 1. The van der Waals surface area contributed by atoms with E-state index in [2.05, 4.69) is 5.32 Å². The highest BCUT2D eigenvalue weighted by molar-refractivity contribution is 5.99. The van der Waals surface area contributed by atoms with Crippen LogP contribution >= 0.6 is 0 Å². The summed E-state index contributed by atoms with van der Waals surface area (Å²) in [5.41, 5.74) is 1.63. The van der Waals surface area contributed by atoms with E-state index in [1.807, 2.05) is 60.7 Å². The Morgan fingerprint density at radius 2 is 1.67 bits per heavy atom. The van der Waals surface area contributed by atoms with Gasteiger partial charge in [0, 0.05) is 24.4 Å². The molecule has 3 aliphatic rings. The van der Waals surface area contributed by atoms with Crippen molar-refractivity contribution in [2.45, 2.75) is 25.0 Å². The van der Waals surface area contributed by atoms with E-state index in [-0.39, 0.29) is 41.6 Å². The quantitative estimate of drug-likeness (QED) is 0.272. The van der Waals surface area contributed by atoms with Gasteiger partial charge in [-0.15, -0.1) is 0 Å². The first-order chi connectivity index (χ1) is 17.4. The summed E-state index contributed by atoms with van der Waals surface area (Å²) < 4.78 is 20.3. The van der Waals surface area contributed by atoms with E-state index < -0.39 is 11.9 Å². The molecule has 6 rings (SSSR count). The zero-order valence-electron chi connectivity index (χ0n) is 20.0. The van der Waals surface area contributed by atoms with Gasteiger partial charge < -0.3 is 19.6 Å². The van der Waals surface area contributed by atoms with E-state index >= 15 is 0 Å². The fourth-order valence-electron chi connectivity index (χ4n) is 5.54. The number of aromatic hydroxyl groups is 1. The summed E-state index contributed by atoms with van der Waals surface area (Å²) in [7, 11) is 0. The summed E-state index contributed by atoms with van der Waals surface area (Å²) in [6.45, 7) is 2.27. The van der Waals surface area contributed by atoms with Crippen LogP contribution in [0.15, 0.2) is 78.9 Å². The van der Waals surface area contributed by atoms with Gasteiger partial charge in [0.15, 0.2) is 12.1 Å². The summed E-state index contributed by atoms with van der Waals surface area (Å²) in [6, 6.07) is 21.8. The van der Waals surface area contributed by atoms with Crippen LogP contribution in [0.25, 0.3) is 0 Å². The first-order valence-electron chi connectivity index (χ1n) is 12.4. The van der Waals surface area contributed by atoms with Gasteiger partial charge in [-0.2, -0.15) is 0 Å². The highest BCUT2D eigenvalue weighted by Gasteiger charge is 2.49. The molecule has 6 nitrogen and oxygen atoms in total. The number of benzene rings is 3. The van der Waals surface area contributed by atoms with Crippen LogP contribution in [0.4, 0.5) is 10.1 Å². The number of ketones is 1. The molecule has 3 heterocycles. The van der Waals surface area contributed by atoms with Crippen LogP contribution in [0.1, 0.15) is 34.8 Å². The second-order valence-corrected chi connectivity index (χ2v) is 9.88. The minimum atomic E-state index is -0.664. The maximum Gasteiger partial charge on any atom is 0.333 e. The lowest BCUT2D eigenvalue weighted by molar-refractivity contribution is -0.938. The van der Waals surface area contributed by atoms with Crippen LogP contribution in [0.2, 0.25) is 0 Å². The smallest absolute Gasteiger partial charge is 0.333 e. The van der Waals surface area contributed by atoms with Gasteiger partial charge in [0.05, 0.1) is 18.7 Å². The molecule has 3 saturated heterocycles. The number of ether oxygens (including phenoxy) is 1. The molecule has 0 aromatic heterocycles. The van der Waals surface area contributed by atoms with E-state index in [9.17, 15) is 19.1 Å². The lowest BCUT2D eigenvalue weighted by atomic mass is 9.82. The van der Waals surface area contributed by atoms with Crippen molar-refractivity contribution in [3.63, 3.8) is 0 Å². The molecule has 3 aliphatic heterocycles. The molecule has 186 valence electrons. The Hall–Kier alpha value is -3.71. The molecule has 2 bridgehead atoms. The standard InChI is InChI=1S/C29H29FN2O4/c30-22-11-12-25(33)24(17-22)26(34)18-32-15-13-20(14-16-32)27(19-32)36-29(35)28(21-7-3-1-4-8-21)31-23-9-5-2-6-10-23/h1-12,17,20,27-28,31H,13-16,18-19H2/p+1/t20?,27-,28?,32?/m0/s1. The number of esters is 1. The van der Waals surface area contributed by atoms with Crippen LogP contribution in [-0.2, 0) is 9.53 Å². The van der Waals surface area contributed by atoms with Crippen molar-refractivity contribution in [1.82, 2.24) is 0 Å². The number of carbonyl (C=O) groups is 2. The number of para-hydroxylation sites is 1. The number of nitrogens with one attached hydrogen (secondary N) is 1. The van der Waals surface area contributed by atoms with Gasteiger partial charge in [0.25, 0.3) is 0 Å². The van der Waals surface area contributed by atoms with Crippen LogP contribution in [0.3, 0.4) is 0 Å². The number of hydrogen-bond acceptors (Lipinski definition) is 5. The number of piperidine rings is 3. The van der Waals surface area contributed by atoms with E-state index in [1.165, 1.54) is 6.07 Å². The predicted molar refractivity (Wildman–Crippen MR) is 134 cm³/mol. The molecule has 36 heavy (non-hydrogen) atoms. The van der Waals surface area contributed by atoms with E-state index in [1.54, 1.807) is 0 Å². The zero-order chi connectivity index (χ0) is 25.1. The number of rotatable bonds is 8. The Labute approximate surface area is 209 Å². The molecule has 1 unspecified atom stereocenters. The van der Waals surface area contributed by atoms with Crippen molar-refractivity contribution in [2.24, 2.45) is 5.92 Å². The second-order valence-electron chi connectivity index (χ2n) is 9.88. The van der Waals surface area contributed by atoms with Gasteiger partial charge in [-0.25, -0.2) is 9.18 Å². The topological polar surface area (TPSA) is 75.6 Å². The monoisotopic (exact) mass is 489 g/mol. The number of fused-ring (bicyclic) bond motifs is 3. The molecule has 3 fully saturated rings. The number of Topliss-reactive ketones (excluding diaryl/α,β-unsaturated/α-hetero) is 1. The number of anilines is 1. The molecule has 0 spiro atoms. The molecule has 0 saturated carbocycles. The van der Waals surface area contributed by atoms with E-state index in [4.69, 9.17) is 4.74 Å². The van der Waals surface area contributed by atoms with Crippen molar-refractivity contribution in [3.8, 4) is 5.75 Å². The average Bonchev–Trinajstić information content (AvgIpc) is 2.90. The molecule has 2 N–H and O–H groups in total. The molecule has 3 aromatic rings. The third-order valence-electron chi connectivity index (χ3n) is 7.50. The summed E-state index contributed by atoms with van der Waals surface area (Å²) in [5, 5.41) is 13.4. The van der Waals surface area contributed by atoms with Gasteiger partial charge in [-0.3, -0.25) is 4.79 Å². The van der Waals surface area contributed by atoms with Crippen molar-refractivity contribution >= 4 is 17.4 Å². The fourth-order valence-corrected chi connectivity index (χ4v) is 5.54. The fraction of sp³-hybridized carbons (Fsp3) is 0.310. The number of carbonyl (C=O) groups excluding carboxylic acids is 2. The molecule has 2 atom stereocenters. The number of halogens is 1. The van der Waals surface area contributed by atoms with Gasteiger partial charge in [0.1, 0.15) is 24.7 Å². The highest BCUT2D eigenvalue weighted by Crippen LogP contribution is 2.37. The maximum absolute atomic E-state index is 13.7. The largest absolute Gasteiger partial charge is 0.507 e. The first kappa shape index (κ1) is 24.0. The lowest BCUT2D eigenvalue weighted by Gasteiger charge is -2.51. The summed E-state index contributed by atoms with van der Waals surface area (Å²) in [5.74, 6) is -1.17. The number of hydrogen-bond donors (Lipinski definition) is 2. The summed E-state index contributed by atoms with van der Waals surface area (Å²) >= 11 is 0. The average molecular weight is 490 g/mol. The van der Waals surface area contributed by atoms with Gasteiger partial charge in [0.2, 0.25) is 5.78 Å². The Balaban J connectivity index is 1.32. The van der Waals surface area contributed by atoms with Gasteiger partial charge in [-0.05, 0) is 35.9 Å². The Morgan fingerprint density at radius 3 is 2.36 bits per heavy atom. The molecular weight excluding hydrogens is 459 g/mol. The number of phenolic OH excluding ortho intramolecular Hbond substituents is 1. The normalized spacial score (nSPS) is 23.6. The molecule has 0 aliphatic carbocycles. The summed E-state index contributed by atoms with van der Waals surface area (Å²) in [6.07, 6.45) is 1.39. The number of phenols is 1. The molecule has 0 amide bonds.